The molecule has 0 unspecified atom stereocenters. The first-order valence-corrected chi connectivity index (χ1v) is 7.51. The second-order valence-corrected chi connectivity index (χ2v) is 5.83. The zero-order valence-electron chi connectivity index (χ0n) is 12.2. The lowest BCUT2D eigenvalue weighted by Gasteiger charge is -2.27. The summed E-state index contributed by atoms with van der Waals surface area (Å²) in [6, 6.07) is 9.93. The van der Waals surface area contributed by atoms with Crippen LogP contribution in [0.25, 0.3) is 5.69 Å². The molecular formula is C16H20N4O. The summed E-state index contributed by atoms with van der Waals surface area (Å²) in [4.78, 5) is 12.2. The third-order valence-corrected chi connectivity index (χ3v) is 4.02. The molecule has 1 aliphatic rings. The maximum absolute atomic E-state index is 12.2. The molecule has 0 aliphatic heterocycles. The van der Waals surface area contributed by atoms with E-state index < -0.39 is 0 Å². The van der Waals surface area contributed by atoms with E-state index in [1.54, 1.807) is 10.9 Å². The van der Waals surface area contributed by atoms with E-state index in [2.05, 4.69) is 22.6 Å². The Kier molecular flexibility index (Phi) is 3.99. The molecular weight excluding hydrogens is 264 g/mol. The highest BCUT2D eigenvalue weighted by atomic mass is 16.2. The Balaban J connectivity index is 1.67. The number of aromatic nitrogens is 3. The normalized spacial score (nSPS) is 22.0. The summed E-state index contributed by atoms with van der Waals surface area (Å²) < 4.78 is 1.62. The number of carbonyl (C=O) groups is 1. The van der Waals surface area contributed by atoms with Crippen molar-refractivity contribution in [2.75, 3.05) is 0 Å². The number of hydrogen-bond acceptors (Lipinski definition) is 3. The van der Waals surface area contributed by atoms with Crippen LogP contribution < -0.4 is 5.32 Å². The molecule has 1 N–H and O–H groups in total. The number of hydrogen-bond donors (Lipinski definition) is 1. The quantitative estimate of drug-likeness (QED) is 0.942. The summed E-state index contributed by atoms with van der Waals surface area (Å²) in [5, 5.41) is 11.1. The fraction of sp³-hybridized carbons (Fsp3) is 0.438. The first-order chi connectivity index (χ1) is 10.2. The number of benzene rings is 1. The van der Waals surface area contributed by atoms with E-state index in [1.807, 2.05) is 30.3 Å². The van der Waals surface area contributed by atoms with Crippen LogP contribution in [0, 0.1) is 5.92 Å². The van der Waals surface area contributed by atoms with Crippen molar-refractivity contribution < 1.29 is 4.79 Å². The van der Waals surface area contributed by atoms with E-state index >= 15 is 0 Å². The molecule has 5 nitrogen and oxygen atoms in total. The van der Waals surface area contributed by atoms with Gasteiger partial charge in [0.1, 0.15) is 0 Å². The van der Waals surface area contributed by atoms with Crippen LogP contribution in [0.15, 0.2) is 36.5 Å². The third-order valence-electron chi connectivity index (χ3n) is 4.02. The fourth-order valence-corrected chi connectivity index (χ4v) is 2.90. The van der Waals surface area contributed by atoms with Crippen molar-refractivity contribution in [3.63, 3.8) is 0 Å². The molecule has 2 aromatic rings. The van der Waals surface area contributed by atoms with Crippen LogP contribution in [0.2, 0.25) is 0 Å². The minimum absolute atomic E-state index is 0.128. The second kappa shape index (κ2) is 6.08. The van der Waals surface area contributed by atoms with Crippen molar-refractivity contribution in [1.82, 2.24) is 20.3 Å². The van der Waals surface area contributed by atoms with Crippen LogP contribution in [0.1, 0.15) is 43.1 Å². The largest absolute Gasteiger partial charge is 0.348 e. The molecule has 1 aromatic carbocycles. The summed E-state index contributed by atoms with van der Waals surface area (Å²) in [6.07, 6.45) is 6.23. The van der Waals surface area contributed by atoms with Gasteiger partial charge in [0.25, 0.3) is 5.91 Å². The number of nitrogens with zero attached hydrogens (tertiary/aromatic N) is 3. The van der Waals surface area contributed by atoms with Gasteiger partial charge in [-0.15, -0.1) is 5.10 Å². The first-order valence-electron chi connectivity index (χ1n) is 7.51. The molecule has 1 aromatic heterocycles. The molecule has 1 heterocycles. The highest BCUT2D eigenvalue weighted by molar-refractivity contribution is 5.92. The van der Waals surface area contributed by atoms with Crippen molar-refractivity contribution in [2.24, 2.45) is 5.92 Å². The van der Waals surface area contributed by atoms with Gasteiger partial charge in [-0.3, -0.25) is 4.79 Å². The van der Waals surface area contributed by atoms with E-state index in [-0.39, 0.29) is 11.9 Å². The van der Waals surface area contributed by atoms with Gasteiger partial charge < -0.3 is 5.32 Å². The van der Waals surface area contributed by atoms with Crippen LogP contribution >= 0.6 is 0 Å². The average Bonchev–Trinajstić information content (AvgIpc) is 2.98. The number of rotatable bonds is 3. The Morgan fingerprint density at radius 2 is 2.10 bits per heavy atom. The van der Waals surface area contributed by atoms with E-state index in [0.717, 1.165) is 18.5 Å². The van der Waals surface area contributed by atoms with Gasteiger partial charge in [-0.1, -0.05) is 43.2 Å². The fourth-order valence-electron chi connectivity index (χ4n) is 2.90. The summed E-state index contributed by atoms with van der Waals surface area (Å²) in [5.74, 6) is 0.556. The first kappa shape index (κ1) is 13.8. The zero-order chi connectivity index (χ0) is 14.7. The van der Waals surface area contributed by atoms with Gasteiger partial charge in [-0.2, -0.15) is 0 Å². The molecule has 1 saturated carbocycles. The zero-order valence-corrected chi connectivity index (χ0v) is 12.2. The Morgan fingerprint density at radius 1 is 1.29 bits per heavy atom. The molecule has 1 amide bonds. The number of para-hydroxylation sites is 1. The highest BCUT2D eigenvalue weighted by Gasteiger charge is 2.22. The van der Waals surface area contributed by atoms with Crippen LogP contribution in [0.4, 0.5) is 0 Å². The van der Waals surface area contributed by atoms with Gasteiger partial charge in [0.15, 0.2) is 5.69 Å². The lowest BCUT2D eigenvalue weighted by Crippen LogP contribution is -2.38. The summed E-state index contributed by atoms with van der Waals surface area (Å²) in [7, 11) is 0. The minimum Gasteiger partial charge on any atom is -0.348 e. The lowest BCUT2D eigenvalue weighted by atomic mass is 9.87. The average molecular weight is 284 g/mol. The summed E-state index contributed by atoms with van der Waals surface area (Å²) in [6.45, 7) is 2.24. The Labute approximate surface area is 124 Å². The standard InChI is InChI=1S/C16H20N4O/c1-12-6-5-7-13(10-12)17-16(21)15-11-20(19-18-15)14-8-3-2-4-9-14/h2-4,8-9,11-13H,5-7,10H2,1H3,(H,17,21)/t12-,13+/m1/s1. The SMILES string of the molecule is C[C@@H]1CCC[C@H](NC(=O)c2cn(-c3ccccc3)nn2)C1. The lowest BCUT2D eigenvalue weighted by molar-refractivity contribution is 0.0916. The Hall–Kier alpha value is -2.17. The van der Waals surface area contributed by atoms with E-state index in [4.69, 9.17) is 0 Å². The highest BCUT2D eigenvalue weighted by Crippen LogP contribution is 2.23. The summed E-state index contributed by atoms with van der Waals surface area (Å²) in [5.41, 5.74) is 1.27. The molecule has 5 heteroatoms. The maximum Gasteiger partial charge on any atom is 0.273 e. The molecule has 21 heavy (non-hydrogen) atoms. The molecule has 0 spiro atoms. The molecule has 0 radical (unpaired) electrons. The predicted octanol–water partition coefficient (Wildman–Crippen LogP) is 2.58. The van der Waals surface area contributed by atoms with Gasteiger partial charge in [0.05, 0.1) is 11.9 Å². The van der Waals surface area contributed by atoms with Crippen molar-refractivity contribution in [3.05, 3.63) is 42.2 Å². The molecule has 0 saturated heterocycles. The van der Waals surface area contributed by atoms with Gasteiger partial charge >= 0.3 is 0 Å². The monoisotopic (exact) mass is 284 g/mol. The van der Waals surface area contributed by atoms with Gasteiger partial charge in [0.2, 0.25) is 0 Å². The topological polar surface area (TPSA) is 59.8 Å². The Bertz CT molecular complexity index is 608. The molecule has 3 rings (SSSR count). The van der Waals surface area contributed by atoms with Crippen molar-refractivity contribution in [3.8, 4) is 5.69 Å². The third kappa shape index (κ3) is 3.29. The van der Waals surface area contributed by atoms with Crippen LogP contribution in [-0.2, 0) is 0 Å². The van der Waals surface area contributed by atoms with Gasteiger partial charge in [-0.25, -0.2) is 4.68 Å². The minimum atomic E-state index is -0.128. The van der Waals surface area contributed by atoms with Crippen LogP contribution in [0.3, 0.4) is 0 Å². The summed E-state index contributed by atoms with van der Waals surface area (Å²) >= 11 is 0. The molecule has 0 bridgehead atoms. The number of carbonyl (C=O) groups excluding carboxylic acids is 1. The van der Waals surface area contributed by atoms with Crippen LogP contribution in [0.5, 0.6) is 0 Å². The van der Waals surface area contributed by atoms with Crippen molar-refractivity contribution in [2.45, 2.75) is 38.6 Å². The van der Waals surface area contributed by atoms with Crippen LogP contribution in [-0.4, -0.2) is 26.9 Å². The van der Waals surface area contributed by atoms with Crippen molar-refractivity contribution in [1.29, 1.82) is 0 Å². The molecule has 110 valence electrons. The molecule has 1 fully saturated rings. The Morgan fingerprint density at radius 3 is 2.86 bits per heavy atom. The van der Waals surface area contributed by atoms with E-state index in [0.29, 0.717) is 11.6 Å². The van der Waals surface area contributed by atoms with Gasteiger partial charge in [0, 0.05) is 6.04 Å². The van der Waals surface area contributed by atoms with Crippen molar-refractivity contribution >= 4 is 5.91 Å². The van der Waals surface area contributed by atoms with E-state index in [9.17, 15) is 4.79 Å². The van der Waals surface area contributed by atoms with E-state index in [1.165, 1.54) is 12.8 Å². The smallest absolute Gasteiger partial charge is 0.273 e. The molecule has 1 aliphatic carbocycles. The molecule has 2 atom stereocenters. The number of amides is 1. The second-order valence-electron chi connectivity index (χ2n) is 5.83. The predicted molar refractivity (Wildman–Crippen MR) is 80.2 cm³/mol. The maximum atomic E-state index is 12.2. The van der Waals surface area contributed by atoms with Gasteiger partial charge in [-0.05, 0) is 30.9 Å². The number of nitrogens with one attached hydrogen (secondary N) is 1.